The van der Waals surface area contributed by atoms with Crippen LogP contribution in [0, 0.1) is 13.8 Å². The van der Waals surface area contributed by atoms with E-state index in [1.54, 1.807) is 26.0 Å². The minimum absolute atomic E-state index is 0.0129. The standard InChI is InChI=1S/C28H32N6O8/c1-5-11-29-26(38)19-8-7-17(3)21(13-19)32-25-24-18(4)20(14-34(24)31-15-30-25)27(39)33(12-6-2)28(40)42-16-41-23(37)10-9-22(35)36/h7-10,13-15H,5-6,11-12,16H2,1-4H3,(H,29,38)(H,35,36)(H,30,31,32)/b10-9+. The Balaban J connectivity index is 1.85. The third-order valence-electron chi connectivity index (χ3n) is 6.00. The monoisotopic (exact) mass is 580 g/mol. The van der Waals surface area contributed by atoms with Crippen LogP contribution in [-0.2, 0) is 19.1 Å². The summed E-state index contributed by atoms with van der Waals surface area (Å²) in [5, 5.41) is 18.8. The lowest BCUT2D eigenvalue weighted by atomic mass is 10.1. The summed E-state index contributed by atoms with van der Waals surface area (Å²) in [4.78, 5) is 65.9. The zero-order valence-corrected chi connectivity index (χ0v) is 23.7. The number of nitrogens with one attached hydrogen (secondary N) is 2. The van der Waals surface area contributed by atoms with Gasteiger partial charge in [-0.05, 0) is 49.9 Å². The summed E-state index contributed by atoms with van der Waals surface area (Å²) in [5.74, 6) is -2.87. The normalized spacial score (nSPS) is 10.9. The van der Waals surface area contributed by atoms with Crippen LogP contribution in [0.2, 0.25) is 0 Å². The van der Waals surface area contributed by atoms with Crippen LogP contribution < -0.4 is 10.6 Å². The zero-order valence-electron chi connectivity index (χ0n) is 23.7. The van der Waals surface area contributed by atoms with Crippen LogP contribution in [0.4, 0.5) is 16.3 Å². The number of benzene rings is 1. The van der Waals surface area contributed by atoms with E-state index >= 15 is 0 Å². The molecule has 0 aliphatic rings. The number of carbonyl (C=O) groups excluding carboxylic acids is 4. The predicted molar refractivity (Wildman–Crippen MR) is 150 cm³/mol. The number of rotatable bonds is 12. The number of esters is 1. The second-order valence-corrected chi connectivity index (χ2v) is 9.10. The van der Waals surface area contributed by atoms with E-state index in [1.165, 1.54) is 17.0 Å². The van der Waals surface area contributed by atoms with Gasteiger partial charge in [0.25, 0.3) is 11.8 Å². The number of nitrogens with zero attached hydrogens (tertiary/aromatic N) is 4. The first-order chi connectivity index (χ1) is 20.1. The van der Waals surface area contributed by atoms with Crippen LogP contribution in [-0.4, -0.2) is 74.3 Å². The molecule has 3 N–H and O–H groups in total. The van der Waals surface area contributed by atoms with E-state index in [0.29, 0.717) is 53.3 Å². The number of ether oxygens (including phenoxy) is 2. The van der Waals surface area contributed by atoms with Crippen molar-refractivity contribution in [2.24, 2.45) is 0 Å². The summed E-state index contributed by atoms with van der Waals surface area (Å²) in [5.41, 5.74) is 3.09. The summed E-state index contributed by atoms with van der Waals surface area (Å²) in [6.07, 6.45) is 4.18. The van der Waals surface area contributed by atoms with E-state index in [9.17, 15) is 24.0 Å². The molecule has 0 aliphatic carbocycles. The molecule has 2 heterocycles. The zero-order chi connectivity index (χ0) is 30.8. The Kier molecular flexibility index (Phi) is 10.7. The first-order valence-corrected chi connectivity index (χ1v) is 13.1. The first kappa shape index (κ1) is 31.3. The molecule has 3 amide bonds. The fraction of sp³-hybridized carbons (Fsp3) is 0.321. The number of hydrogen-bond donors (Lipinski definition) is 3. The van der Waals surface area contributed by atoms with Crippen LogP contribution in [0.25, 0.3) is 5.52 Å². The maximum Gasteiger partial charge on any atom is 0.419 e. The van der Waals surface area contributed by atoms with Crippen molar-refractivity contribution in [3.05, 3.63) is 65.1 Å². The Bertz CT molecular complexity index is 1530. The molecule has 42 heavy (non-hydrogen) atoms. The van der Waals surface area contributed by atoms with Crippen molar-refractivity contribution in [2.45, 2.75) is 40.5 Å². The van der Waals surface area contributed by atoms with Gasteiger partial charge in [-0.25, -0.2) is 28.8 Å². The molecule has 0 radical (unpaired) electrons. The highest BCUT2D eigenvalue weighted by molar-refractivity contribution is 6.06. The number of carboxylic acid groups (broad SMARTS) is 1. The first-order valence-electron chi connectivity index (χ1n) is 13.1. The Morgan fingerprint density at radius 3 is 2.52 bits per heavy atom. The smallest absolute Gasteiger partial charge is 0.419 e. The number of anilines is 2. The Hall–Kier alpha value is -5.27. The van der Waals surface area contributed by atoms with E-state index in [4.69, 9.17) is 9.84 Å². The molecule has 0 aliphatic heterocycles. The lowest BCUT2D eigenvalue weighted by molar-refractivity contribution is -0.146. The molecule has 0 saturated heterocycles. The average Bonchev–Trinajstić information content (AvgIpc) is 3.31. The molecule has 0 unspecified atom stereocenters. The number of hydrogen-bond acceptors (Lipinski definition) is 10. The van der Waals surface area contributed by atoms with Gasteiger partial charge < -0.3 is 25.2 Å². The highest BCUT2D eigenvalue weighted by atomic mass is 16.7. The molecule has 0 saturated carbocycles. The van der Waals surface area contributed by atoms with Crippen LogP contribution >= 0.6 is 0 Å². The lowest BCUT2D eigenvalue weighted by Gasteiger charge is -2.19. The SMILES string of the molecule is CCCNC(=O)c1ccc(C)c(Nc2ncnn3cc(C(=O)N(CCC)C(=O)OCOC(=O)/C=C/C(=O)O)c(C)c23)c1. The molecule has 3 rings (SSSR count). The maximum absolute atomic E-state index is 13.5. The fourth-order valence-electron chi connectivity index (χ4n) is 3.88. The van der Waals surface area contributed by atoms with Gasteiger partial charge in [0.15, 0.2) is 5.82 Å². The van der Waals surface area contributed by atoms with Gasteiger partial charge in [0.05, 0.1) is 5.56 Å². The molecule has 0 fully saturated rings. The lowest BCUT2D eigenvalue weighted by Crippen LogP contribution is -2.38. The van der Waals surface area contributed by atoms with Gasteiger partial charge in [-0.2, -0.15) is 5.10 Å². The molecule has 14 nitrogen and oxygen atoms in total. The fourth-order valence-corrected chi connectivity index (χ4v) is 3.88. The van der Waals surface area contributed by atoms with Gasteiger partial charge in [-0.15, -0.1) is 0 Å². The quantitative estimate of drug-likeness (QED) is 0.162. The number of aryl methyl sites for hydroxylation is 2. The molecule has 2 aromatic heterocycles. The second-order valence-electron chi connectivity index (χ2n) is 9.10. The Morgan fingerprint density at radius 2 is 1.83 bits per heavy atom. The molecule has 0 atom stereocenters. The Labute approximate surface area is 241 Å². The highest BCUT2D eigenvalue weighted by Gasteiger charge is 2.28. The van der Waals surface area contributed by atoms with Crippen molar-refractivity contribution >= 4 is 46.9 Å². The number of fused-ring (bicyclic) bond motifs is 1. The van der Waals surface area contributed by atoms with Crippen molar-refractivity contribution in [1.82, 2.24) is 24.8 Å². The summed E-state index contributed by atoms with van der Waals surface area (Å²) in [6, 6.07) is 5.26. The van der Waals surface area contributed by atoms with E-state index in [0.717, 1.165) is 16.9 Å². The number of aromatic nitrogens is 3. The largest absolute Gasteiger partial charge is 0.478 e. The number of carbonyl (C=O) groups is 5. The topological polar surface area (TPSA) is 182 Å². The van der Waals surface area contributed by atoms with Crippen molar-refractivity contribution in [3.63, 3.8) is 0 Å². The van der Waals surface area contributed by atoms with Gasteiger partial charge in [-0.1, -0.05) is 19.9 Å². The molecule has 0 bridgehead atoms. The minimum atomic E-state index is -1.35. The van der Waals surface area contributed by atoms with Gasteiger partial charge in [0.2, 0.25) is 6.79 Å². The third kappa shape index (κ3) is 7.68. The highest BCUT2D eigenvalue weighted by Crippen LogP contribution is 2.28. The molecule has 3 aromatic rings. The molecular formula is C28H32N6O8. The van der Waals surface area contributed by atoms with Gasteiger partial charge >= 0.3 is 18.0 Å². The number of amides is 3. The number of aliphatic carboxylic acids is 1. The summed E-state index contributed by atoms with van der Waals surface area (Å²) < 4.78 is 11.0. The number of carboxylic acids is 1. The molecular weight excluding hydrogens is 548 g/mol. The number of imide groups is 1. The van der Waals surface area contributed by atoms with Crippen LogP contribution in [0.3, 0.4) is 0 Å². The molecule has 1 aromatic carbocycles. The molecule has 0 spiro atoms. The van der Waals surface area contributed by atoms with Crippen molar-refractivity contribution < 1.29 is 38.6 Å². The van der Waals surface area contributed by atoms with Crippen LogP contribution in [0.15, 0.2) is 42.9 Å². The maximum atomic E-state index is 13.5. The third-order valence-corrected chi connectivity index (χ3v) is 6.00. The minimum Gasteiger partial charge on any atom is -0.478 e. The second kappa shape index (κ2) is 14.4. The van der Waals surface area contributed by atoms with E-state index < -0.39 is 30.7 Å². The van der Waals surface area contributed by atoms with Crippen LogP contribution in [0.5, 0.6) is 0 Å². The van der Waals surface area contributed by atoms with Crippen molar-refractivity contribution in [3.8, 4) is 0 Å². The Morgan fingerprint density at radius 1 is 1.07 bits per heavy atom. The molecule has 14 heteroatoms. The van der Waals surface area contributed by atoms with E-state index in [-0.39, 0.29) is 18.0 Å². The van der Waals surface area contributed by atoms with Gasteiger partial charge in [-0.3, -0.25) is 9.59 Å². The van der Waals surface area contributed by atoms with E-state index in [2.05, 4.69) is 25.5 Å². The summed E-state index contributed by atoms with van der Waals surface area (Å²) in [7, 11) is 0. The summed E-state index contributed by atoms with van der Waals surface area (Å²) >= 11 is 0. The summed E-state index contributed by atoms with van der Waals surface area (Å²) in [6.45, 7) is 7.04. The van der Waals surface area contributed by atoms with E-state index in [1.807, 2.05) is 19.9 Å². The van der Waals surface area contributed by atoms with Gasteiger partial charge in [0.1, 0.15) is 11.8 Å². The van der Waals surface area contributed by atoms with Gasteiger partial charge in [0, 0.05) is 42.7 Å². The van der Waals surface area contributed by atoms with Crippen LogP contribution in [0.1, 0.15) is 58.5 Å². The average molecular weight is 581 g/mol. The van der Waals surface area contributed by atoms with Crippen molar-refractivity contribution in [1.29, 1.82) is 0 Å². The predicted octanol–water partition coefficient (Wildman–Crippen LogP) is 3.36. The molecule has 222 valence electrons. The van der Waals surface area contributed by atoms with Crippen molar-refractivity contribution in [2.75, 3.05) is 25.2 Å².